The fourth-order valence-corrected chi connectivity index (χ4v) is 8.67. The molecule has 1 aromatic carbocycles. The lowest BCUT2D eigenvalue weighted by Gasteiger charge is -2.33. The van der Waals surface area contributed by atoms with E-state index in [2.05, 4.69) is 51.1 Å². The highest BCUT2D eigenvalue weighted by Crippen LogP contribution is 2.28. The molecule has 0 unspecified atom stereocenters. The molecular formula is C18H31Si. The van der Waals surface area contributed by atoms with Crippen molar-refractivity contribution in [3.63, 3.8) is 0 Å². The molecule has 19 heavy (non-hydrogen) atoms. The van der Waals surface area contributed by atoms with Gasteiger partial charge in [-0.05, 0) is 6.07 Å². The maximum absolute atomic E-state index is 3.20. The van der Waals surface area contributed by atoms with Gasteiger partial charge in [-0.2, -0.15) is 0 Å². The van der Waals surface area contributed by atoms with E-state index in [0.29, 0.717) is 0 Å². The molecule has 0 aliphatic rings. The van der Waals surface area contributed by atoms with Crippen LogP contribution in [0.3, 0.4) is 0 Å². The second-order valence-electron chi connectivity index (χ2n) is 5.88. The summed E-state index contributed by atoms with van der Waals surface area (Å²) in [7, 11) is -1.25. The lowest BCUT2D eigenvalue weighted by molar-refractivity contribution is 0.800. The van der Waals surface area contributed by atoms with Gasteiger partial charge in [-0.3, -0.25) is 0 Å². The van der Waals surface area contributed by atoms with Gasteiger partial charge >= 0.3 is 0 Å². The van der Waals surface area contributed by atoms with E-state index in [0.717, 1.165) is 0 Å². The molecule has 0 nitrogen and oxygen atoms in total. The number of hydrogen-bond donors (Lipinski definition) is 0. The summed E-state index contributed by atoms with van der Waals surface area (Å²) in [5, 5.41) is 1.70. The monoisotopic (exact) mass is 275 g/mol. The van der Waals surface area contributed by atoms with E-state index in [4.69, 9.17) is 0 Å². The van der Waals surface area contributed by atoms with Crippen molar-refractivity contribution in [3.05, 3.63) is 30.3 Å². The summed E-state index contributed by atoms with van der Waals surface area (Å²) in [5.41, 5.74) is 0. The first-order valence-electron chi connectivity index (χ1n) is 8.25. The van der Waals surface area contributed by atoms with Gasteiger partial charge in [0.15, 0.2) is 0 Å². The number of rotatable bonds is 10. The highest BCUT2D eigenvalue weighted by Gasteiger charge is 2.32. The first-order chi connectivity index (χ1) is 9.29. The number of benzene rings is 1. The van der Waals surface area contributed by atoms with Crippen molar-refractivity contribution in [1.29, 1.82) is 0 Å². The molecule has 1 rings (SSSR count). The molecule has 0 amide bonds. The van der Waals surface area contributed by atoms with E-state index in [1.807, 2.05) is 0 Å². The van der Waals surface area contributed by atoms with Crippen molar-refractivity contribution in [2.45, 2.75) is 77.4 Å². The zero-order chi connectivity index (χ0) is 14.0. The normalized spacial score (nSPS) is 11.7. The van der Waals surface area contributed by atoms with Gasteiger partial charge < -0.3 is 0 Å². The van der Waals surface area contributed by atoms with Crippen LogP contribution in [0.1, 0.15) is 59.3 Å². The summed E-state index contributed by atoms with van der Waals surface area (Å²) in [6.07, 6.45) is 8.26. The van der Waals surface area contributed by atoms with Crippen LogP contribution in [0.2, 0.25) is 18.1 Å². The molecule has 107 valence electrons. The Bertz CT molecular complexity index is 296. The SMILES string of the molecule is CCCC[Si](CCCC)(CCCC)c1cc[c]cc1. The Hall–Kier alpha value is -0.563. The maximum Gasteiger partial charge on any atom is 0.0867 e. The quantitative estimate of drug-likeness (QED) is 0.492. The Morgan fingerprint density at radius 1 is 0.789 bits per heavy atom. The minimum absolute atomic E-state index is 1.25. The summed E-state index contributed by atoms with van der Waals surface area (Å²) in [6, 6.07) is 16.7. The van der Waals surface area contributed by atoms with E-state index in [1.165, 1.54) is 56.7 Å². The molecule has 1 radical (unpaired) electrons. The van der Waals surface area contributed by atoms with Gasteiger partial charge in [0.25, 0.3) is 0 Å². The molecule has 0 saturated carbocycles. The van der Waals surface area contributed by atoms with Crippen LogP contribution in [-0.4, -0.2) is 8.07 Å². The van der Waals surface area contributed by atoms with Gasteiger partial charge in [-0.25, -0.2) is 0 Å². The fraction of sp³-hybridized carbons (Fsp3) is 0.667. The van der Waals surface area contributed by atoms with E-state index in [9.17, 15) is 0 Å². The molecule has 1 heteroatoms. The van der Waals surface area contributed by atoms with Crippen molar-refractivity contribution in [2.75, 3.05) is 0 Å². The predicted octanol–water partition coefficient (Wildman–Crippen LogP) is 5.54. The Kier molecular flexibility index (Phi) is 8.12. The number of unbranched alkanes of at least 4 members (excludes halogenated alkanes) is 3. The van der Waals surface area contributed by atoms with Gasteiger partial charge in [0.2, 0.25) is 0 Å². The van der Waals surface area contributed by atoms with Crippen LogP contribution in [-0.2, 0) is 0 Å². The van der Waals surface area contributed by atoms with Crippen molar-refractivity contribution < 1.29 is 0 Å². The van der Waals surface area contributed by atoms with Crippen molar-refractivity contribution in [2.24, 2.45) is 0 Å². The van der Waals surface area contributed by atoms with E-state index >= 15 is 0 Å². The molecule has 0 bridgehead atoms. The zero-order valence-electron chi connectivity index (χ0n) is 13.2. The minimum atomic E-state index is -1.25. The predicted molar refractivity (Wildman–Crippen MR) is 89.8 cm³/mol. The Morgan fingerprint density at radius 2 is 1.21 bits per heavy atom. The smallest absolute Gasteiger partial charge is 0.0654 e. The van der Waals surface area contributed by atoms with Crippen LogP contribution < -0.4 is 5.19 Å². The van der Waals surface area contributed by atoms with Crippen LogP contribution in [0.15, 0.2) is 24.3 Å². The molecule has 0 aromatic heterocycles. The van der Waals surface area contributed by atoms with Gasteiger partial charge in [0.1, 0.15) is 0 Å². The first kappa shape index (κ1) is 16.5. The van der Waals surface area contributed by atoms with Crippen molar-refractivity contribution in [3.8, 4) is 0 Å². The van der Waals surface area contributed by atoms with Gasteiger partial charge in [0.05, 0.1) is 8.07 Å². The van der Waals surface area contributed by atoms with E-state index < -0.39 is 8.07 Å². The van der Waals surface area contributed by atoms with E-state index in [-0.39, 0.29) is 0 Å². The molecule has 0 atom stereocenters. The molecule has 0 spiro atoms. The summed E-state index contributed by atoms with van der Waals surface area (Å²) < 4.78 is 0. The topological polar surface area (TPSA) is 0 Å². The molecular weight excluding hydrogens is 244 g/mol. The summed E-state index contributed by atoms with van der Waals surface area (Å²) in [4.78, 5) is 0. The fourth-order valence-electron chi connectivity index (χ4n) is 3.09. The average molecular weight is 276 g/mol. The van der Waals surface area contributed by atoms with Gasteiger partial charge in [-0.15, -0.1) is 0 Å². The highest BCUT2D eigenvalue weighted by molar-refractivity contribution is 6.91. The third-order valence-electron chi connectivity index (χ3n) is 4.36. The third kappa shape index (κ3) is 5.14. The third-order valence-corrected chi connectivity index (χ3v) is 9.85. The van der Waals surface area contributed by atoms with Crippen molar-refractivity contribution in [1.82, 2.24) is 0 Å². The van der Waals surface area contributed by atoms with E-state index in [1.54, 1.807) is 5.19 Å². The number of hydrogen-bond acceptors (Lipinski definition) is 0. The van der Waals surface area contributed by atoms with Crippen LogP contribution >= 0.6 is 0 Å². The Labute approximate surface area is 121 Å². The first-order valence-corrected chi connectivity index (χ1v) is 10.9. The lowest BCUT2D eigenvalue weighted by atomic mass is 10.4. The second-order valence-corrected chi connectivity index (χ2v) is 10.5. The average Bonchev–Trinajstić information content (AvgIpc) is 2.48. The highest BCUT2D eigenvalue weighted by atomic mass is 28.3. The summed E-state index contributed by atoms with van der Waals surface area (Å²) in [5.74, 6) is 0. The molecule has 1 aromatic rings. The Morgan fingerprint density at radius 3 is 1.58 bits per heavy atom. The second kappa shape index (κ2) is 9.36. The molecule has 0 heterocycles. The van der Waals surface area contributed by atoms with Crippen LogP contribution in [0.4, 0.5) is 0 Å². The summed E-state index contributed by atoms with van der Waals surface area (Å²) in [6.45, 7) is 6.99. The van der Waals surface area contributed by atoms with Crippen LogP contribution in [0.5, 0.6) is 0 Å². The molecule has 0 fully saturated rings. The standard InChI is InChI=1S/C18H31Si/c1-4-7-15-19(16-8-5-2,17-9-6-3)18-13-11-10-12-14-18/h11-14H,4-9,15-17H2,1-3H3. The minimum Gasteiger partial charge on any atom is -0.0654 e. The molecule has 0 saturated heterocycles. The van der Waals surface area contributed by atoms with Gasteiger partial charge in [0, 0.05) is 0 Å². The van der Waals surface area contributed by atoms with Crippen LogP contribution in [0, 0.1) is 6.07 Å². The summed E-state index contributed by atoms with van der Waals surface area (Å²) >= 11 is 0. The Balaban J connectivity index is 2.94. The largest absolute Gasteiger partial charge is 0.0867 e. The zero-order valence-corrected chi connectivity index (χ0v) is 14.2. The lowest BCUT2D eigenvalue weighted by Crippen LogP contribution is -2.47. The maximum atomic E-state index is 3.20. The van der Waals surface area contributed by atoms with Crippen LogP contribution in [0.25, 0.3) is 0 Å². The molecule has 0 aliphatic heterocycles. The van der Waals surface area contributed by atoms with Crippen molar-refractivity contribution >= 4 is 13.3 Å². The molecule has 0 aliphatic carbocycles. The van der Waals surface area contributed by atoms with Gasteiger partial charge in [-0.1, -0.05) is 107 Å². The molecule has 0 N–H and O–H groups in total.